The molecule has 0 aliphatic carbocycles. The van der Waals surface area contributed by atoms with E-state index in [4.69, 9.17) is 0 Å². The van der Waals surface area contributed by atoms with Crippen LogP contribution in [0.5, 0.6) is 0 Å². The Morgan fingerprint density at radius 2 is 1.96 bits per heavy atom. The largest absolute Gasteiger partial charge is 0.433 e. The van der Waals surface area contributed by atoms with Crippen molar-refractivity contribution in [2.24, 2.45) is 7.05 Å². The first kappa shape index (κ1) is 17.4. The Balaban J connectivity index is 2.00. The van der Waals surface area contributed by atoms with E-state index in [9.17, 15) is 22.8 Å². The van der Waals surface area contributed by atoms with E-state index in [1.165, 1.54) is 10.9 Å². The van der Waals surface area contributed by atoms with Gasteiger partial charge >= 0.3 is 18.0 Å². The standard InChI is InChI=1S/C14H14F3N5O2/c1-8(9-6-18-22(2)7-9)19-12(23)13(24)21-11-5-3-4-10(20-11)14(15,16)17/h3-8H,1-2H3,(H,19,23)(H,20,21,24)/t8-/m0/s1. The predicted molar refractivity (Wildman–Crippen MR) is 77.6 cm³/mol. The van der Waals surface area contributed by atoms with Gasteiger partial charge in [-0.15, -0.1) is 0 Å². The van der Waals surface area contributed by atoms with Crippen molar-refractivity contribution < 1.29 is 22.8 Å². The van der Waals surface area contributed by atoms with Crippen molar-refractivity contribution in [1.82, 2.24) is 20.1 Å². The fraction of sp³-hybridized carbons (Fsp3) is 0.286. The van der Waals surface area contributed by atoms with E-state index in [0.717, 1.165) is 18.2 Å². The van der Waals surface area contributed by atoms with E-state index in [-0.39, 0.29) is 5.82 Å². The van der Waals surface area contributed by atoms with E-state index in [1.54, 1.807) is 20.2 Å². The zero-order chi connectivity index (χ0) is 17.9. The predicted octanol–water partition coefficient (Wildman–Crippen LogP) is 1.65. The summed E-state index contributed by atoms with van der Waals surface area (Å²) >= 11 is 0. The minimum absolute atomic E-state index is 0.362. The molecule has 0 radical (unpaired) electrons. The van der Waals surface area contributed by atoms with Crippen LogP contribution in [0.2, 0.25) is 0 Å². The normalized spacial score (nSPS) is 12.5. The van der Waals surface area contributed by atoms with Crippen LogP contribution in [0, 0.1) is 0 Å². The number of rotatable bonds is 3. The molecule has 0 bridgehead atoms. The Bertz CT molecular complexity index is 757. The summed E-state index contributed by atoms with van der Waals surface area (Å²) in [6, 6.07) is 2.51. The second-order valence-electron chi connectivity index (χ2n) is 5.00. The number of aromatic nitrogens is 3. The summed E-state index contributed by atoms with van der Waals surface area (Å²) in [6.07, 6.45) is -1.45. The fourth-order valence-electron chi connectivity index (χ4n) is 1.84. The molecule has 2 amide bonds. The molecule has 2 aromatic heterocycles. The Morgan fingerprint density at radius 3 is 2.54 bits per heavy atom. The van der Waals surface area contributed by atoms with Crippen LogP contribution in [0.4, 0.5) is 19.0 Å². The summed E-state index contributed by atoms with van der Waals surface area (Å²) in [5.41, 5.74) is -0.486. The highest BCUT2D eigenvalue weighted by Gasteiger charge is 2.32. The van der Waals surface area contributed by atoms with Crippen LogP contribution in [0.3, 0.4) is 0 Å². The van der Waals surface area contributed by atoms with Crippen LogP contribution < -0.4 is 10.6 Å². The van der Waals surface area contributed by atoms with Crippen LogP contribution in [-0.4, -0.2) is 26.6 Å². The number of halogens is 3. The molecule has 0 unspecified atom stereocenters. The molecule has 2 heterocycles. The Morgan fingerprint density at radius 1 is 1.25 bits per heavy atom. The van der Waals surface area contributed by atoms with Crippen LogP contribution >= 0.6 is 0 Å². The topological polar surface area (TPSA) is 88.9 Å². The highest BCUT2D eigenvalue weighted by atomic mass is 19.4. The van der Waals surface area contributed by atoms with Gasteiger partial charge in [0.2, 0.25) is 0 Å². The number of nitrogens with one attached hydrogen (secondary N) is 2. The van der Waals surface area contributed by atoms with E-state index >= 15 is 0 Å². The van der Waals surface area contributed by atoms with Gasteiger partial charge in [0.05, 0.1) is 12.2 Å². The molecule has 0 saturated carbocycles. The summed E-state index contributed by atoms with van der Waals surface area (Å²) in [4.78, 5) is 26.9. The molecule has 2 rings (SSSR count). The minimum Gasteiger partial charge on any atom is -0.341 e. The molecule has 2 N–H and O–H groups in total. The van der Waals surface area contributed by atoms with E-state index in [2.05, 4.69) is 15.4 Å². The third-order valence-electron chi connectivity index (χ3n) is 3.06. The number of carbonyl (C=O) groups is 2. The zero-order valence-corrected chi connectivity index (χ0v) is 12.8. The maximum absolute atomic E-state index is 12.6. The number of nitrogens with zero attached hydrogens (tertiary/aromatic N) is 3. The van der Waals surface area contributed by atoms with Gasteiger partial charge < -0.3 is 10.6 Å². The molecule has 1 atom stereocenters. The molecule has 0 aromatic carbocycles. The number of carbonyl (C=O) groups excluding carboxylic acids is 2. The lowest BCUT2D eigenvalue weighted by Crippen LogP contribution is -2.37. The molecule has 0 spiro atoms. The van der Waals surface area contributed by atoms with Crippen molar-refractivity contribution in [2.75, 3.05) is 5.32 Å². The minimum atomic E-state index is -4.64. The molecule has 0 aliphatic rings. The van der Waals surface area contributed by atoms with Gasteiger partial charge in [-0.2, -0.15) is 18.3 Å². The maximum atomic E-state index is 12.6. The second kappa shape index (κ2) is 6.69. The van der Waals surface area contributed by atoms with Gasteiger partial charge in [-0.1, -0.05) is 6.07 Å². The summed E-state index contributed by atoms with van der Waals surface area (Å²) in [5, 5.41) is 8.39. The number of aryl methyl sites for hydroxylation is 1. The number of pyridine rings is 1. The third kappa shape index (κ3) is 4.31. The number of alkyl halides is 3. The summed E-state index contributed by atoms with van der Waals surface area (Å²) in [7, 11) is 1.70. The molecule has 0 aliphatic heterocycles. The highest BCUT2D eigenvalue weighted by molar-refractivity contribution is 6.39. The van der Waals surface area contributed by atoms with Crippen LogP contribution in [0.15, 0.2) is 30.6 Å². The monoisotopic (exact) mass is 341 g/mol. The second-order valence-corrected chi connectivity index (χ2v) is 5.00. The number of hydrogen-bond donors (Lipinski definition) is 2. The fourth-order valence-corrected chi connectivity index (χ4v) is 1.84. The molecule has 2 aromatic rings. The Kier molecular flexibility index (Phi) is 4.86. The molecule has 24 heavy (non-hydrogen) atoms. The first-order valence-electron chi connectivity index (χ1n) is 6.81. The molecular formula is C14H14F3N5O2. The van der Waals surface area contributed by atoms with Gasteiger partial charge in [-0.25, -0.2) is 4.98 Å². The van der Waals surface area contributed by atoms with Crippen molar-refractivity contribution in [3.63, 3.8) is 0 Å². The van der Waals surface area contributed by atoms with Crippen LogP contribution in [-0.2, 0) is 22.8 Å². The van der Waals surface area contributed by atoms with Crippen LogP contribution in [0.25, 0.3) is 0 Å². The molecule has 0 saturated heterocycles. The van der Waals surface area contributed by atoms with Gasteiger partial charge in [-0.05, 0) is 19.1 Å². The first-order valence-corrected chi connectivity index (χ1v) is 6.81. The van der Waals surface area contributed by atoms with Gasteiger partial charge in [0.15, 0.2) is 0 Å². The number of amides is 2. The number of hydrogen-bond acceptors (Lipinski definition) is 4. The smallest absolute Gasteiger partial charge is 0.341 e. The van der Waals surface area contributed by atoms with Crippen LogP contribution in [0.1, 0.15) is 24.2 Å². The highest BCUT2D eigenvalue weighted by Crippen LogP contribution is 2.28. The average molecular weight is 341 g/mol. The van der Waals surface area contributed by atoms with Crippen molar-refractivity contribution in [3.8, 4) is 0 Å². The lowest BCUT2D eigenvalue weighted by atomic mass is 10.2. The molecule has 10 heteroatoms. The van der Waals surface area contributed by atoms with Gasteiger partial charge in [0.1, 0.15) is 11.5 Å². The maximum Gasteiger partial charge on any atom is 0.433 e. The van der Waals surface area contributed by atoms with Gasteiger partial charge in [-0.3, -0.25) is 14.3 Å². The van der Waals surface area contributed by atoms with Crippen molar-refractivity contribution in [2.45, 2.75) is 19.1 Å². The van der Waals surface area contributed by atoms with Crippen molar-refractivity contribution >= 4 is 17.6 Å². The number of anilines is 1. The molecule has 128 valence electrons. The van der Waals surface area contributed by atoms with Gasteiger partial charge in [0.25, 0.3) is 0 Å². The first-order chi connectivity index (χ1) is 11.2. The average Bonchev–Trinajstić information content (AvgIpc) is 2.93. The Hall–Kier alpha value is -2.91. The summed E-state index contributed by atoms with van der Waals surface area (Å²) in [5.74, 6) is -2.47. The van der Waals surface area contributed by atoms with E-state index < -0.39 is 29.7 Å². The van der Waals surface area contributed by atoms with E-state index in [1.807, 2.05) is 5.32 Å². The molecule has 7 nitrogen and oxygen atoms in total. The summed E-state index contributed by atoms with van der Waals surface area (Å²) < 4.78 is 39.2. The van der Waals surface area contributed by atoms with Crippen molar-refractivity contribution in [3.05, 3.63) is 41.9 Å². The zero-order valence-electron chi connectivity index (χ0n) is 12.8. The lowest BCUT2D eigenvalue weighted by molar-refractivity contribution is -0.141. The Labute approximate surface area is 134 Å². The van der Waals surface area contributed by atoms with E-state index in [0.29, 0.717) is 5.56 Å². The molecule has 0 fully saturated rings. The lowest BCUT2D eigenvalue weighted by Gasteiger charge is -2.12. The van der Waals surface area contributed by atoms with Gasteiger partial charge in [0, 0.05) is 18.8 Å². The summed E-state index contributed by atoms with van der Waals surface area (Å²) in [6.45, 7) is 1.64. The quantitative estimate of drug-likeness (QED) is 0.831. The van der Waals surface area contributed by atoms with Crippen molar-refractivity contribution in [1.29, 1.82) is 0 Å². The molecular weight excluding hydrogens is 327 g/mol. The third-order valence-corrected chi connectivity index (χ3v) is 3.06. The SMILES string of the molecule is C[C@H](NC(=O)C(=O)Nc1cccc(C(F)(F)F)n1)c1cnn(C)c1.